The van der Waals surface area contributed by atoms with Crippen LogP contribution in [0, 0.1) is 12.3 Å². The highest BCUT2D eigenvalue weighted by molar-refractivity contribution is 5.95. The van der Waals surface area contributed by atoms with Gasteiger partial charge in [-0.05, 0) is 26.2 Å². The molecule has 0 bridgehead atoms. The molecule has 0 radical (unpaired) electrons. The van der Waals surface area contributed by atoms with Gasteiger partial charge in [-0.2, -0.15) is 0 Å². The lowest BCUT2D eigenvalue weighted by Crippen LogP contribution is -2.34. The molecule has 80 valence electrons. The fraction of sp³-hybridized carbons (Fsp3) is 0.545. The van der Waals surface area contributed by atoms with Gasteiger partial charge in [0.15, 0.2) is 5.82 Å². The van der Waals surface area contributed by atoms with E-state index in [1.807, 2.05) is 13.8 Å². The number of hydrogen-bond acceptors (Lipinski definition) is 3. The highest BCUT2D eigenvalue weighted by Gasteiger charge is 2.19. The molecular weight excluding hydrogens is 190 g/mol. The van der Waals surface area contributed by atoms with Crippen molar-refractivity contribution in [2.24, 2.45) is 0 Å². The second-order valence-corrected chi connectivity index (χ2v) is 3.89. The van der Waals surface area contributed by atoms with Crippen LogP contribution in [0.4, 0.5) is 0 Å². The monoisotopic (exact) mass is 205 g/mol. The van der Waals surface area contributed by atoms with Crippen LogP contribution >= 0.6 is 0 Å². The molecule has 0 aliphatic carbocycles. The number of hydrogen-bond donors (Lipinski definition) is 1. The first-order valence-electron chi connectivity index (χ1n) is 5.33. The smallest absolute Gasteiger partial charge is 0.257 e. The Morgan fingerprint density at radius 2 is 2.27 bits per heavy atom. The van der Waals surface area contributed by atoms with Crippen molar-refractivity contribution in [3.63, 3.8) is 0 Å². The number of rotatable bonds is 1. The molecule has 0 amide bonds. The molecule has 2 heterocycles. The fourth-order valence-electron chi connectivity index (χ4n) is 2.07. The van der Waals surface area contributed by atoms with E-state index in [1.165, 1.54) is 0 Å². The highest BCUT2D eigenvalue weighted by Crippen LogP contribution is 2.12. The zero-order valence-electron chi connectivity index (χ0n) is 9.13. The molecule has 0 aromatic carbocycles. The summed E-state index contributed by atoms with van der Waals surface area (Å²) >= 11 is 0. The Labute approximate surface area is 88.5 Å². The minimum absolute atomic E-state index is 0.0458. The Morgan fingerprint density at radius 1 is 1.53 bits per heavy atom. The van der Waals surface area contributed by atoms with Gasteiger partial charge in [0.1, 0.15) is 0 Å². The predicted octanol–water partition coefficient (Wildman–Crippen LogP) is 1.28. The second-order valence-electron chi connectivity index (χ2n) is 3.89. The highest BCUT2D eigenvalue weighted by atomic mass is 16.1. The molecule has 1 aromatic rings. The molecular formula is C11H15N3O. The Hall–Kier alpha value is -1.45. The maximum absolute atomic E-state index is 12.0. The molecule has 15 heavy (non-hydrogen) atoms. The Morgan fingerprint density at radius 3 is 2.93 bits per heavy atom. The lowest BCUT2D eigenvalue weighted by Gasteiger charge is -2.19. The summed E-state index contributed by atoms with van der Waals surface area (Å²) in [6.07, 6.45) is 2.32. The van der Waals surface area contributed by atoms with Crippen molar-refractivity contribution in [3.05, 3.63) is 27.4 Å². The average Bonchev–Trinajstić information content (AvgIpc) is 2.20. The topological polar surface area (TPSA) is 58.7 Å². The van der Waals surface area contributed by atoms with Crippen molar-refractivity contribution in [1.82, 2.24) is 9.55 Å². The van der Waals surface area contributed by atoms with E-state index in [0.29, 0.717) is 24.5 Å². The minimum Gasteiger partial charge on any atom is -0.301 e. The number of aromatic nitrogens is 2. The third kappa shape index (κ3) is 1.50. The van der Waals surface area contributed by atoms with Gasteiger partial charge in [-0.1, -0.05) is 6.92 Å². The summed E-state index contributed by atoms with van der Waals surface area (Å²) in [5.74, 6) is 0.570. The van der Waals surface area contributed by atoms with E-state index in [9.17, 15) is 4.79 Å². The predicted molar refractivity (Wildman–Crippen MR) is 58.7 cm³/mol. The van der Waals surface area contributed by atoms with E-state index >= 15 is 0 Å². The quantitative estimate of drug-likeness (QED) is 0.750. The maximum Gasteiger partial charge on any atom is 0.257 e. The normalized spacial score (nSPS) is 15.2. The van der Waals surface area contributed by atoms with Gasteiger partial charge >= 0.3 is 0 Å². The second kappa shape index (κ2) is 3.61. The van der Waals surface area contributed by atoms with Gasteiger partial charge in [0.25, 0.3) is 5.56 Å². The van der Waals surface area contributed by atoms with E-state index in [4.69, 9.17) is 5.41 Å². The van der Waals surface area contributed by atoms with Crippen LogP contribution in [0.5, 0.6) is 0 Å². The molecule has 0 saturated carbocycles. The maximum atomic E-state index is 12.0. The number of nitrogens with one attached hydrogen (secondary N) is 1. The number of fused-ring (bicyclic) bond motifs is 1. The van der Waals surface area contributed by atoms with Gasteiger partial charge in [0.2, 0.25) is 0 Å². The van der Waals surface area contributed by atoms with Crippen LogP contribution in [-0.2, 0) is 13.0 Å². The van der Waals surface area contributed by atoms with E-state index < -0.39 is 0 Å². The van der Waals surface area contributed by atoms with Crippen molar-refractivity contribution in [2.45, 2.75) is 39.7 Å². The van der Waals surface area contributed by atoms with Crippen LogP contribution < -0.4 is 5.56 Å². The molecule has 1 aliphatic rings. The molecule has 1 N–H and O–H groups in total. The summed E-state index contributed by atoms with van der Waals surface area (Å²) in [6.45, 7) is 4.52. The molecule has 0 unspecified atom stereocenters. The van der Waals surface area contributed by atoms with Gasteiger partial charge < -0.3 is 5.41 Å². The first-order valence-corrected chi connectivity index (χ1v) is 5.33. The standard InChI is InChI=1S/C11H15N3O/c1-3-8-7(2)13-10-9(12)5-4-6-14(10)11(8)15/h12H,3-6H2,1-2H3. The van der Waals surface area contributed by atoms with Crippen molar-refractivity contribution in [1.29, 1.82) is 5.41 Å². The van der Waals surface area contributed by atoms with E-state index in [2.05, 4.69) is 4.98 Å². The van der Waals surface area contributed by atoms with Crippen LogP contribution in [0.1, 0.15) is 36.8 Å². The Balaban J connectivity index is 2.72. The van der Waals surface area contributed by atoms with E-state index in [0.717, 1.165) is 24.1 Å². The van der Waals surface area contributed by atoms with Gasteiger partial charge in [-0.3, -0.25) is 9.36 Å². The van der Waals surface area contributed by atoms with Gasteiger partial charge in [-0.15, -0.1) is 0 Å². The van der Waals surface area contributed by atoms with Gasteiger partial charge in [0, 0.05) is 17.8 Å². The van der Waals surface area contributed by atoms with E-state index in [-0.39, 0.29) is 5.56 Å². The van der Waals surface area contributed by atoms with Crippen LogP contribution in [-0.4, -0.2) is 15.3 Å². The van der Waals surface area contributed by atoms with Crippen molar-refractivity contribution < 1.29 is 0 Å². The van der Waals surface area contributed by atoms with Crippen LogP contribution in [0.3, 0.4) is 0 Å². The largest absolute Gasteiger partial charge is 0.301 e. The van der Waals surface area contributed by atoms with Crippen molar-refractivity contribution in [3.8, 4) is 0 Å². The zero-order chi connectivity index (χ0) is 11.0. The summed E-state index contributed by atoms with van der Waals surface area (Å²) in [4.78, 5) is 16.4. The third-order valence-corrected chi connectivity index (χ3v) is 2.90. The molecule has 0 atom stereocenters. The third-order valence-electron chi connectivity index (χ3n) is 2.90. The first kappa shape index (κ1) is 10.1. The summed E-state index contributed by atoms with van der Waals surface area (Å²) in [7, 11) is 0. The Kier molecular flexibility index (Phi) is 2.42. The van der Waals surface area contributed by atoms with E-state index in [1.54, 1.807) is 4.57 Å². The molecule has 0 fully saturated rings. The number of nitrogens with zero attached hydrogens (tertiary/aromatic N) is 2. The summed E-state index contributed by atoms with van der Waals surface area (Å²) in [5.41, 5.74) is 2.10. The molecule has 0 saturated heterocycles. The molecule has 0 spiro atoms. The summed E-state index contributed by atoms with van der Waals surface area (Å²) < 4.78 is 1.65. The summed E-state index contributed by atoms with van der Waals surface area (Å²) in [6, 6.07) is 0. The number of aryl methyl sites for hydroxylation is 1. The van der Waals surface area contributed by atoms with Crippen molar-refractivity contribution >= 4 is 5.71 Å². The fourth-order valence-corrected chi connectivity index (χ4v) is 2.07. The average molecular weight is 205 g/mol. The van der Waals surface area contributed by atoms with Gasteiger partial charge in [-0.25, -0.2) is 4.98 Å². The Bertz CT molecular complexity index is 473. The minimum atomic E-state index is 0.0458. The van der Waals surface area contributed by atoms with Crippen molar-refractivity contribution in [2.75, 3.05) is 0 Å². The molecule has 4 heteroatoms. The molecule has 2 rings (SSSR count). The lowest BCUT2D eigenvalue weighted by atomic mass is 10.1. The molecule has 1 aliphatic heterocycles. The SMILES string of the molecule is CCc1c(C)nc2n(c1=O)CCCC2=N. The molecule has 1 aromatic heterocycles. The lowest BCUT2D eigenvalue weighted by molar-refractivity contribution is 0.580. The first-order chi connectivity index (χ1) is 7.15. The van der Waals surface area contributed by atoms with Crippen LogP contribution in [0.25, 0.3) is 0 Å². The van der Waals surface area contributed by atoms with Gasteiger partial charge in [0.05, 0.1) is 5.71 Å². The summed E-state index contributed by atoms with van der Waals surface area (Å²) in [5, 5.41) is 7.77. The van der Waals surface area contributed by atoms with Crippen LogP contribution in [0.15, 0.2) is 4.79 Å². The van der Waals surface area contributed by atoms with Crippen LogP contribution in [0.2, 0.25) is 0 Å². The zero-order valence-corrected chi connectivity index (χ0v) is 9.13. The molecule has 4 nitrogen and oxygen atoms in total.